The molecule has 116 valence electrons. The highest BCUT2D eigenvalue weighted by molar-refractivity contribution is 6.33. The van der Waals surface area contributed by atoms with Gasteiger partial charge in [-0.25, -0.2) is 4.79 Å². The van der Waals surface area contributed by atoms with Crippen molar-refractivity contribution in [3.8, 4) is 17.0 Å². The number of pyridine rings is 1. The lowest BCUT2D eigenvalue weighted by atomic mass is 10.1. The molecule has 1 aromatic heterocycles. The van der Waals surface area contributed by atoms with Crippen molar-refractivity contribution in [1.29, 1.82) is 0 Å². The Morgan fingerprint density at radius 3 is 2.41 bits per heavy atom. The maximum Gasteiger partial charge on any atom is 0.573 e. The van der Waals surface area contributed by atoms with Crippen LogP contribution in [0, 0.1) is 0 Å². The van der Waals surface area contributed by atoms with Crippen molar-refractivity contribution >= 4 is 17.6 Å². The average molecular weight is 332 g/mol. The molecule has 22 heavy (non-hydrogen) atoms. The number of rotatable bonds is 3. The second-order valence-corrected chi connectivity index (χ2v) is 4.52. The molecular weight excluding hydrogens is 323 g/mol. The Hall–Kier alpha value is -2.28. The van der Waals surface area contributed by atoms with Gasteiger partial charge in [0.15, 0.2) is 0 Å². The summed E-state index contributed by atoms with van der Waals surface area (Å²) >= 11 is 5.85. The van der Waals surface area contributed by atoms with Gasteiger partial charge < -0.3 is 9.47 Å². The number of benzene rings is 1. The molecule has 0 N–H and O–H groups in total. The number of hydrogen-bond donors (Lipinski definition) is 0. The van der Waals surface area contributed by atoms with E-state index in [1.54, 1.807) is 0 Å². The first-order valence-electron chi connectivity index (χ1n) is 5.90. The molecule has 0 saturated heterocycles. The predicted molar refractivity (Wildman–Crippen MR) is 72.7 cm³/mol. The molecule has 0 bridgehead atoms. The van der Waals surface area contributed by atoms with E-state index in [1.165, 1.54) is 31.5 Å². The lowest BCUT2D eigenvalue weighted by Gasteiger charge is -2.09. The molecule has 0 radical (unpaired) electrons. The summed E-state index contributed by atoms with van der Waals surface area (Å²) in [6.07, 6.45) is -3.48. The summed E-state index contributed by atoms with van der Waals surface area (Å²) in [4.78, 5) is 15.6. The van der Waals surface area contributed by atoms with Crippen molar-refractivity contribution in [3.63, 3.8) is 0 Å². The number of carbonyl (C=O) groups is 1. The Kier molecular flexibility index (Phi) is 4.56. The van der Waals surface area contributed by atoms with Crippen LogP contribution in [-0.2, 0) is 4.74 Å². The van der Waals surface area contributed by atoms with E-state index < -0.39 is 12.3 Å². The van der Waals surface area contributed by atoms with Gasteiger partial charge in [-0.05, 0) is 30.3 Å². The second kappa shape index (κ2) is 6.23. The van der Waals surface area contributed by atoms with E-state index in [-0.39, 0.29) is 16.3 Å². The van der Waals surface area contributed by atoms with Crippen LogP contribution in [0.2, 0.25) is 5.02 Å². The molecule has 0 unspecified atom stereocenters. The summed E-state index contributed by atoms with van der Waals surface area (Å²) in [5, 5.41) is 0.118. The molecule has 0 spiro atoms. The lowest BCUT2D eigenvalue weighted by Crippen LogP contribution is -2.16. The molecule has 0 aliphatic carbocycles. The summed E-state index contributed by atoms with van der Waals surface area (Å²) < 4.78 is 44.6. The number of methoxy groups -OCH3 is 1. The molecule has 0 amide bonds. The van der Waals surface area contributed by atoms with Crippen molar-refractivity contribution in [1.82, 2.24) is 4.98 Å². The molecule has 2 aromatic rings. The van der Waals surface area contributed by atoms with Crippen LogP contribution in [0.5, 0.6) is 5.75 Å². The minimum Gasteiger partial charge on any atom is -0.465 e. The van der Waals surface area contributed by atoms with Gasteiger partial charge in [-0.1, -0.05) is 11.6 Å². The van der Waals surface area contributed by atoms with E-state index in [1.807, 2.05) is 0 Å². The number of aromatic nitrogens is 1. The first-order chi connectivity index (χ1) is 10.3. The standard InChI is InChI=1S/C14H9ClF3NO3/c1-21-13(20)10-6-12(19-7-11(10)15)8-2-4-9(5-3-8)22-14(16,17)18/h2-7H,1H3. The van der Waals surface area contributed by atoms with Gasteiger partial charge in [-0.15, -0.1) is 13.2 Å². The molecule has 0 aliphatic rings. The first kappa shape index (κ1) is 16.1. The monoisotopic (exact) mass is 331 g/mol. The van der Waals surface area contributed by atoms with Crippen LogP contribution in [0.1, 0.15) is 10.4 Å². The van der Waals surface area contributed by atoms with Gasteiger partial charge in [0.2, 0.25) is 0 Å². The third-order valence-electron chi connectivity index (χ3n) is 2.64. The number of halogens is 4. The van der Waals surface area contributed by atoms with Crippen LogP contribution in [0.3, 0.4) is 0 Å². The summed E-state index contributed by atoms with van der Waals surface area (Å²) in [7, 11) is 1.21. The molecule has 0 atom stereocenters. The zero-order valence-corrected chi connectivity index (χ0v) is 11.9. The van der Waals surface area contributed by atoms with E-state index in [4.69, 9.17) is 11.6 Å². The Balaban J connectivity index is 2.31. The average Bonchev–Trinajstić information content (AvgIpc) is 2.46. The van der Waals surface area contributed by atoms with E-state index in [0.717, 1.165) is 12.1 Å². The van der Waals surface area contributed by atoms with Crippen LogP contribution in [0.4, 0.5) is 13.2 Å². The number of ether oxygens (including phenoxy) is 2. The van der Waals surface area contributed by atoms with Gasteiger partial charge in [0.1, 0.15) is 5.75 Å². The van der Waals surface area contributed by atoms with Crippen molar-refractivity contribution in [2.24, 2.45) is 0 Å². The maximum absolute atomic E-state index is 12.1. The fourth-order valence-electron chi connectivity index (χ4n) is 1.69. The van der Waals surface area contributed by atoms with Crippen molar-refractivity contribution < 1.29 is 27.4 Å². The zero-order chi connectivity index (χ0) is 16.3. The van der Waals surface area contributed by atoms with Crippen molar-refractivity contribution in [2.45, 2.75) is 6.36 Å². The third kappa shape index (κ3) is 3.88. The largest absolute Gasteiger partial charge is 0.573 e. The summed E-state index contributed by atoms with van der Waals surface area (Å²) in [6.45, 7) is 0. The molecule has 4 nitrogen and oxygen atoms in total. The van der Waals surface area contributed by atoms with E-state index in [0.29, 0.717) is 11.3 Å². The fourth-order valence-corrected chi connectivity index (χ4v) is 1.87. The van der Waals surface area contributed by atoms with Gasteiger partial charge >= 0.3 is 12.3 Å². The van der Waals surface area contributed by atoms with Crippen LogP contribution >= 0.6 is 11.6 Å². The smallest absolute Gasteiger partial charge is 0.465 e. The Morgan fingerprint density at radius 1 is 1.23 bits per heavy atom. The lowest BCUT2D eigenvalue weighted by molar-refractivity contribution is -0.274. The van der Waals surface area contributed by atoms with E-state index in [9.17, 15) is 18.0 Å². The van der Waals surface area contributed by atoms with Crippen LogP contribution in [-0.4, -0.2) is 24.4 Å². The SMILES string of the molecule is COC(=O)c1cc(-c2ccc(OC(F)(F)F)cc2)ncc1Cl. The molecule has 1 aromatic carbocycles. The minimum atomic E-state index is -4.75. The zero-order valence-electron chi connectivity index (χ0n) is 11.1. The van der Waals surface area contributed by atoms with Crippen LogP contribution < -0.4 is 4.74 Å². The Morgan fingerprint density at radius 2 is 1.86 bits per heavy atom. The summed E-state index contributed by atoms with van der Waals surface area (Å²) in [5.74, 6) is -0.982. The van der Waals surface area contributed by atoms with Gasteiger partial charge in [-0.3, -0.25) is 4.98 Å². The van der Waals surface area contributed by atoms with Gasteiger partial charge in [-0.2, -0.15) is 0 Å². The summed E-state index contributed by atoms with van der Waals surface area (Å²) in [5.41, 5.74) is 0.976. The van der Waals surface area contributed by atoms with Crippen LogP contribution in [0.25, 0.3) is 11.3 Å². The number of esters is 1. The van der Waals surface area contributed by atoms with E-state index >= 15 is 0 Å². The highest BCUT2D eigenvalue weighted by atomic mass is 35.5. The van der Waals surface area contributed by atoms with Crippen LogP contribution in [0.15, 0.2) is 36.5 Å². The Bertz CT molecular complexity index is 687. The number of alkyl halides is 3. The second-order valence-electron chi connectivity index (χ2n) is 4.11. The normalized spacial score (nSPS) is 11.1. The van der Waals surface area contributed by atoms with Crippen molar-refractivity contribution in [2.75, 3.05) is 7.11 Å². The highest BCUT2D eigenvalue weighted by Crippen LogP contribution is 2.27. The Labute approximate surface area is 128 Å². The fraction of sp³-hybridized carbons (Fsp3) is 0.143. The quantitative estimate of drug-likeness (QED) is 0.795. The molecule has 1 heterocycles. The number of nitrogens with zero attached hydrogens (tertiary/aromatic N) is 1. The van der Waals surface area contributed by atoms with Gasteiger partial charge in [0.25, 0.3) is 0 Å². The third-order valence-corrected chi connectivity index (χ3v) is 2.95. The van der Waals surface area contributed by atoms with Gasteiger partial charge in [0, 0.05) is 11.8 Å². The van der Waals surface area contributed by atoms with E-state index in [2.05, 4.69) is 14.5 Å². The minimum absolute atomic E-state index is 0.116. The molecule has 0 aliphatic heterocycles. The van der Waals surface area contributed by atoms with Gasteiger partial charge in [0.05, 0.1) is 23.4 Å². The summed E-state index contributed by atoms with van der Waals surface area (Å²) in [6, 6.07) is 6.47. The molecule has 0 saturated carbocycles. The maximum atomic E-state index is 12.1. The highest BCUT2D eigenvalue weighted by Gasteiger charge is 2.31. The predicted octanol–water partition coefficient (Wildman–Crippen LogP) is 4.09. The molecular formula is C14H9ClF3NO3. The molecule has 0 fully saturated rings. The molecule has 2 rings (SSSR count). The molecule has 8 heteroatoms. The first-order valence-corrected chi connectivity index (χ1v) is 6.28. The van der Waals surface area contributed by atoms with Crippen molar-refractivity contribution in [3.05, 3.63) is 47.1 Å². The number of hydrogen-bond acceptors (Lipinski definition) is 4. The topological polar surface area (TPSA) is 48.4 Å². The number of carbonyl (C=O) groups excluding carboxylic acids is 1.